The minimum absolute atomic E-state index is 0.482. The first-order valence-electron chi connectivity index (χ1n) is 7.90. The van der Waals surface area contributed by atoms with Gasteiger partial charge >= 0.3 is 11.8 Å². The second-order valence-electron chi connectivity index (χ2n) is 5.69. The Morgan fingerprint density at radius 2 is 1.80 bits per heavy atom. The maximum Gasteiger partial charge on any atom is 0.329 e. The van der Waals surface area contributed by atoms with E-state index in [-0.39, 0.29) is 0 Å². The summed E-state index contributed by atoms with van der Waals surface area (Å²) >= 11 is 5.89. The summed E-state index contributed by atoms with van der Waals surface area (Å²) in [5, 5.41) is 6.98. The molecule has 2 rings (SSSR count). The molecule has 0 saturated carbocycles. The van der Waals surface area contributed by atoms with E-state index in [1.807, 2.05) is 44.2 Å². The third-order valence-electron chi connectivity index (χ3n) is 3.62. The molecule has 130 valence electrons. The first-order valence-corrected chi connectivity index (χ1v) is 8.28. The van der Waals surface area contributed by atoms with Crippen molar-refractivity contribution in [1.29, 1.82) is 0 Å². The molecule has 0 atom stereocenters. The number of amides is 2. The van der Waals surface area contributed by atoms with E-state index in [2.05, 4.69) is 15.8 Å². The van der Waals surface area contributed by atoms with Gasteiger partial charge < -0.3 is 5.32 Å². The molecule has 0 saturated heterocycles. The average molecular weight is 358 g/mol. The first-order chi connectivity index (χ1) is 12.0. The van der Waals surface area contributed by atoms with Gasteiger partial charge in [0.15, 0.2) is 0 Å². The van der Waals surface area contributed by atoms with Gasteiger partial charge in [-0.3, -0.25) is 9.59 Å². The van der Waals surface area contributed by atoms with Gasteiger partial charge in [-0.25, -0.2) is 5.43 Å². The van der Waals surface area contributed by atoms with Gasteiger partial charge in [0, 0.05) is 16.4 Å². The number of anilines is 1. The van der Waals surface area contributed by atoms with Crippen LogP contribution in [-0.4, -0.2) is 17.5 Å². The summed E-state index contributed by atoms with van der Waals surface area (Å²) in [5.74, 6) is -1.61. The fourth-order valence-electron chi connectivity index (χ4n) is 2.13. The normalized spacial score (nSPS) is 11.1. The summed E-state index contributed by atoms with van der Waals surface area (Å²) in [4.78, 5) is 23.8. The van der Waals surface area contributed by atoms with Crippen LogP contribution in [0.2, 0.25) is 5.02 Å². The molecule has 5 nitrogen and oxygen atoms in total. The number of carbonyl (C=O) groups excluding carboxylic acids is 2. The molecular formula is C19H20ClN3O2. The van der Waals surface area contributed by atoms with Gasteiger partial charge in [0.25, 0.3) is 0 Å². The molecule has 0 unspecified atom stereocenters. The Morgan fingerprint density at radius 3 is 2.52 bits per heavy atom. The third-order valence-corrected chi connectivity index (χ3v) is 3.86. The molecule has 0 bridgehead atoms. The minimum atomic E-state index is -0.821. The second kappa shape index (κ2) is 8.99. The van der Waals surface area contributed by atoms with Gasteiger partial charge in [-0.05, 0) is 49.9 Å². The van der Waals surface area contributed by atoms with Gasteiger partial charge in [0.1, 0.15) is 0 Å². The Morgan fingerprint density at radius 1 is 1.08 bits per heavy atom. The van der Waals surface area contributed by atoms with Crippen molar-refractivity contribution >= 4 is 34.8 Å². The Labute approximate surface area is 152 Å². The molecule has 6 heteroatoms. The Hall–Kier alpha value is -2.66. The van der Waals surface area contributed by atoms with Crippen LogP contribution >= 0.6 is 11.6 Å². The SMILES string of the molecule is C/C(CCc1ccccc1)=N/NC(=O)C(=O)Nc1cc(Cl)ccc1C. The van der Waals surface area contributed by atoms with E-state index in [1.165, 1.54) is 5.56 Å². The molecule has 0 heterocycles. The van der Waals surface area contributed by atoms with Gasteiger partial charge in [0.2, 0.25) is 0 Å². The fourth-order valence-corrected chi connectivity index (χ4v) is 2.30. The maximum atomic E-state index is 11.9. The number of rotatable bonds is 5. The lowest BCUT2D eigenvalue weighted by Gasteiger charge is -2.08. The van der Waals surface area contributed by atoms with E-state index < -0.39 is 11.8 Å². The van der Waals surface area contributed by atoms with E-state index in [0.717, 1.165) is 17.7 Å². The van der Waals surface area contributed by atoms with Crippen LogP contribution in [0.15, 0.2) is 53.6 Å². The number of halogens is 1. The summed E-state index contributed by atoms with van der Waals surface area (Å²) in [6.07, 6.45) is 1.51. The topological polar surface area (TPSA) is 70.6 Å². The molecule has 2 amide bonds. The molecule has 0 spiro atoms. The van der Waals surface area contributed by atoms with Crippen LogP contribution in [0.3, 0.4) is 0 Å². The number of hydrogen-bond donors (Lipinski definition) is 2. The van der Waals surface area contributed by atoms with Crippen molar-refractivity contribution in [2.45, 2.75) is 26.7 Å². The largest absolute Gasteiger partial charge is 0.329 e. The lowest BCUT2D eigenvalue weighted by atomic mass is 10.1. The number of hydrazone groups is 1. The van der Waals surface area contributed by atoms with E-state index >= 15 is 0 Å². The number of carbonyl (C=O) groups is 2. The van der Waals surface area contributed by atoms with Gasteiger partial charge in [0.05, 0.1) is 0 Å². The molecule has 0 aliphatic rings. The molecule has 2 N–H and O–H groups in total. The first kappa shape index (κ1) is 18.7. The highest BCUT2D eigenvalue weighted by molar-refractivity contribution is 6.40. The maximum absolute atomic E-state index is 11.9. The minimum Gasteiger partial charge on any atom is -0.317 e. The number of nitrogens with one attached hydrogen (secondary N) is 2. The van der Waals surface area contributed by atoms with Crippen LogP contribution in [0.5, 0.6) is 0 Å². The quantitative estimate of drug-likeness (QED) is 0.486. The molecule has 0 fully saturated rings. The molecular weight excluding hydrogens is 338 g/mol. The molecule has 0 aromatic heterocycles. The van der Waals surface area contributed by atoms with Crippen LogP contribution in [0.25, 0.3) is 0 Å². The highest BCUT2D eigenvalue weighted by Gasteiger charge is 2.14. The van der Waals surface area contributed by atoms with Gasteiger partial charge in [-0.15, -0.1) is 0 Å². The van der Waals surface area contributed by atoms with Crippen molar-refractivity contribution in [3.63, 3.8) is 0 Å². The zero-order chi connectivity index (χ0) is 18.2. The lowest BCUT2D eigenvalue weighted by Crippen LogP contribution is -2.33. The second-order valence-corrected chi connectivity index (χ2v) is 6.12. The van der Waals surface area contributed by atoms with Crippen molar-refractivity contribution in [2.75, 3.05) is 5.32 Å². The summed E-state index contributed by atoms with van der Waals surface area (Å²) in [7, 11) is 0. The van der Waals surface area contributed by atoms with Crippen LogP contribution in [0.4, 0.5) is 5.69 Å². The summed E-state index contributed by atoms with van der Waals surface area (Å²) in [5.41, 5.74) is 5.52. The standard InChI is InChI=1S/C19H20ClN3O2/c1-13-8-11-16(20)12-17(13)21-18(24)19(25)23-22-14(2)9-10-15-6-4-3-5-7-15/h3-8,11-12H,9-10H2,1-2H3,(H,21,24)(H,23,25)/b22-14-. The highest BCUT2D eigenvalue weighted by atomic mass is 35.5. The lowest BCUT2D eigenvalue weighted by molar-refractivity contribution is -0.136. The van der Waals surface area contributed by atoms with Crippen molar-refractivity contribution < 1.29 is 9.59 Å². The Balaban J connectivity index is 1.85. The summed E-state index contributed by atoms with van der Waals surface area (Å²) in [6, 6.07) is 15.1. The highest BCUT2D eigenvalue weighted by Crippen LogP contribution is 2.19. The van der Waals surface area contributed by atoms with Crippen LogP contribution in [0, 0.1) is 6.92 Å². The fraction of sp³-hybridized carbons (Fsp3) is 0.211. The smallest absolute Gasteiger partial charge is 0.317 e. The predicted molar refractivity (Wildman–Crippen MR) is 101 cm³/mol. The zero-order valence-electron chi connectivity index (χ0n) is 14.2. The van der Waals surface area contributed by atoms with E-state index in [9.17, 15) is 9.59 Å². The molecule has 0 aliphatic heterocycles. The van der Waals surface area contributed by atoms with Crippen molar-refractivity contribution in [1.82, 2.24) is 5.43 Å². The zero-order valence-corrected chi connectivity index (χ0v) is 14.9. The molecule has 2 aromatic rings. The summed E-state index contributed by atoms with van der Waals surface area (Å²) in [6.45, 7) is 3.62. The van der Waals surface area contributed by atoms with Crippen molar-refractivity contribution in [3.05, 3.63) is 64.7 Å². The van der Waals surface area contributed by atoms with Crippen molar-refractivity contribution in [3.8, 4) is 0 Å². The Bertz CT molecular complexity index is 789. The average Bonchev–Trinajstić information content (AvgIpc) is 2.61. The number of aryl methyl sites for hydroxylation is 2. The van der Waals surface area contributed by atoms with E-state index in [0.29, 0.717) is 17.1 Å². The van der Waals surface area contributed by atoms with Crippen LogP contribution < -0.4 is 10.7 Å². The monoisotopic (exact) mass is 357 g/mol. The molecule has 0 aliphatic carbocycles. The van der Waals surface area contributed by atoms with Crippen molar-refractivity contribution in [2.24, 2.45) is 5.10 Å². The van der Waals surface area contributed by atoms with Gasteiger partial charge in [-0.1, -0.05) is 48.0 Å². The van der Waals surface area contributed by atoms with Crippen LogP contribution in [0.1, 0.15) is 24.5 Å². The van der Waals surface area contributed by atoms with Gasteiger partial charge in [-0.2, -0.15) is 5.10 Å². The number of nitrogens with zero attached hydrogens (tertiary/aromatic N) is 1. The van der Waals surface area contributed by atoms with E-state index in [1.54, 1.807) is 18.2 Å². The number of hydrogen-bond acceptors (Lipinski definition) is 3. The third kappa shape index (κ3) is 6.04. The molecule has 2 aromatic carbocycles. The molecule has 0 radical (unpaired) electrons. The van der Waals surface area contributed by atoms with E-state index in [4.69, 9.17) is 11.6 Å². The summed E-state index contributed by atoms with van der Waals surface area (Å²) < 4.78 is 0. The Kier molecular flexibility index (Phi) is 6.71. The number of benzene rings is 2. The molecule has 25 heavy (non-hydrogen) atoms. The van der Waals surface area contributed by atoms with Crippen LogP contribution in [-0.2, 0) is 16.0 Å². The predicted octanol–water partition coefficient (Wildman–Crippen LogP) is 3.71.